The van der Waals surface area contributed by atoms with Gasteiger partial charge in [-0.25, -0.2) is 8.42 Å². The second-order valence-electron chi connectivity index (χ2n) is 7.40. The Morgan fingerprint density at radius 2 is 1.61 bits per heavy atom. The number of amides is 1. The molecule has 7 heteroatoms. The van der Waals surface area contributed by atoms with Crippen molar-refractivity contribution in [3.63, 3.8) is 0 Å². The van der Waals surface area contributed by atoms with Crippen LogP contribution in [0.25, 0.3) is 0 Å². The van der Waals surface area contributed by atoms with Crippen molar-refractivity contribution >= 4 is 21.6 Å². The molecule has 31 heavy (non-hydrogen) atoms. The molecule has 0 heterocycles. The Morgan fingerprint density at radius 3 is 2.32 bits per heavy atom. The lowest BCUT2D eigenvalue weighted by atomic mass is 10.1. The summed E-state index contributed by atoms with van der Waals surface area (Å²) in [6.45, 7) is 5.91. The third kappa shape index (κ3) is 5.86. The van der Waals surface area contributed by atoms with E-state index >= 15 is 0 Å². The lowest BCUT2D eigenvalue weighted by molar-refractivity contribution is 0.0926. The van der Waals surface area contributed by atoms with Crippen LogP contribution < -0.4 is 14.8 Å². The average Bonchev–Trinajstić information content (AvgIpc) is 2.75. The Labute approximate surface area is 183 Å². The van der Waals surface area contributed by atoms with Gasteiger partial charge >= 0.3 is 0 Å². The minimum Gasteiger partial charge on any atom is -0.491 e. The van der Waals surface area contributed by atoms with Crippen LogP contribution in [0.5, 0.6) is 5.75 Å². The minimum absolute atomic E-state index is 0.159. The lowest BCUT2D eigenvalue weighted by Crippen LogP contribution is -2.36. The van der Waals surface area contributed by atoms with Crippen LogP contribution in [0.15, 0.2) is 77.7 Å². The van der Waals surface area contributed by atoms with Gasteiger partial charge in [0.2, 0.25) is 0 Å². The molecule has 0 aliphatic rings. The number of hydrogen-bond acceptors (Lipinski definition) is 4. The molecule has 6 nitrogen and oxygen atoms in total. The predicted octanol–water partition coefficient (Wildman–Crippen LogP) is 4.30. The molecule has 0 aliphatic carbocycles. The largest absolute Gasteiger partial charge is 0.491 e. The van der Waals surface area contributed by atoms with E-state index < -0.39 is 10.0 Å². The maximum atomic E-state index is 12.7. The van der Waals surface area contributed by atoms with Crippen molar-refractivity contribution < 1.29 is 17.9 Å². The van der Waals surface area contributed by atoms with Gasteiger partial charge < -0.3 is 10.1 Å². The van der Waals surface area contributed by atoms with Crippen LogP contribution in [-0.4, -0.2) is 27.0 Å². The molecule has 0 bridgehead atoms. The summed E-state index contributed by atoms with van der Waals surface area (Å²) in [5.74, 6) is 0.470. The van der Waals surface area contributed by atoms with E-state index in [2.05, 4.69) is 10.0 Å². The van der Waals surface area contributed by atoms with Gasteiger partial charge in [0, 0.05) is 5.56 Å². The first-order chi connectivity index (χ1) is 14.8. The molecule has 1 amide bonds. The SMILES string of the molecule is Cc1ccc(C(=O)N[C@H](C)COc2ccccc2C)cc1NS(=O)(=O)c1ccccc1. The third-order valence-electron chi connectivity index (χ3n) is 4.76. The number of para-hydroxylation sites is 1. The van der Waals surface area contributed by atoms with Gasteiger partial charge in [0.05, 0.1) is 16.6 Å². The molecule has 3 rings (SSSR count). The Balaban J connectivity index is 1.67. The highest BCUT2D eigenvalue weighted by Crippen LogP contribution is 2.21. The first-order valence-electron chi connectivity index (χ1n) is 9.94. The van der Waals surface area contributed by atoms with Gasteiger partial charge in [0.25, 0.3) is 15.9 Å². The zero-order valence-corrected chi connectivity index (χ0v) is 18.6. The quantitative estimate of drug-likeness (QED) is 0.549. The van der Waals surface area contributed by atoms with Gasteiger partial charge in [-0.15, -0.1) is 0 Å². The normalized spacial score (nSPS) is 12.1. The van der Waals surface area contributed by atoms with E-state index in [0.717, 1.165) is 11.3 Å². The summed E-state index contributed by atoms with van der Waals surface area (Å²) in [5.41, 5.74) is 2.46. The van der Waals surface area contributed by atoms with Crippen molar-refractivity contribution in [1.82, 2.24) is 5.32 Å². The number of carbonyl (C=O) groups excluding carboxylic acids is 1. The van der Waals surface area contributed by atoms with Crippen molar-refractivity contribution in [3.8, 4) is 5.75 Å². The van der Waals surface area contributed by atoms with Crippen molar-refractivity contribution in [2.45, 2.75) is 31.7 Å². The molecule has 2 N–H and O–H groups in total. The number of nitrogens with one attached hydrogen (secondary N) is 2. The summed E-state index contributed by atoms with van der Waals surface area (Å²) < 4.78 is 33.6. The van der Waals surface area contributed by atoms with Crippen LogP contribution in [-0.2, 0) is 10.0 Å². The molecule has 0 saturated carbocycles. The molecule has 0 radical (unpaired) electrons. The van der Waals surface area contributed by atoms with E-state index in [1.165, 1.54) is 12.1 Å². The molecule has 1 atom stereocenters. The lowest BCUT2D eigenvalue weighted by Gasteiger charge is -2.17. The third-order valence-corrected chi connectivity index (χ3v) is 6.14. The molecule has 0 aromatic heterocycles. The molecule has 0 fully saturated rings. The molecule has 162 valence electrons. The Hall–Kier alpha value is -3.32. The van der Waals surface area contributed by atoms with Gasteiger partial charge in [-0.05, 0) is 62.2 Å². The first-order valence-corrected chi connectivity index (χ1v) is 11.4. The van der Waals surface area contributed by atoms with Gasteiger partial charge in [-0.3, -0.25) is 9.52 Å². The van der Waals surface area contributed by atoms with Crippen LogP contribution in [0.4, 0.5) is 5.69 Å². The van der Waals surface area contributed by atoms with Gasteiger partial charge in [0.15, 0.2) is 0 Å². The van der Waals surface area contributed by atoms with Gasteiger partial charge in [-0.1, -0.05) is 42.5 Å². The van der Waals surface area contributed by atoms with E-state index in [0.29, 0.717) is 23.4 Å². The van der Waals surface area contributed by atoms with Crippen molar-refractivity contribution in [1.29, 1.82) is 0 Å². The number of anilines is 1. The first kappa shape index (κ1) is 22.4. The topological polar surface area (TPSA) is 84.5 Å². The van der Waals surface area contributed by atoms with E-state index in [1.54, 1.807) is 43.3 Å². The highest BCUT2D eigenvalue weighted by Gasteiger charge is 2.17. The zero-order valence-electron chi connectivity index (χ0n) is 17.8. The number of aryl methyl sites for hydroxylation is 2. The van der Waals surface area contributed by atoms with Crippen LogP contribution in [0.3, 0.4) is 0 Å². The molecule has 0 aliphatic heterocycles. The van der Waals surface area contributed by atoms with Crippen molar-refractivity contribution in [3.05, 3.63) is 89.5 Å². The molecule has 3 aromatic carbocycles. The van der Waals surface area contributed by atoms with Crippen molar-refractivity contribution in [2.75, 3.05) is 11.3 Å². The average molecular weight is 439 g/mol. The van der Waals surface area contributed by atoms with Gasteiger partial charge in [-0.2, -0.15) is 0 Å². The summed E-state index contributed by atoms with van der Waals surface area (Å²) in [6.07, 6.45) is 0. The Bertz CT molecular complexity index is 1160. The molecule has 3 aromatic rings. The number of ether oxygens (including phenoxy) is 1. The standard InChI is InChI=1S/C24H26N2O4S/c1-17-13-14-20(15-22(17)26-31(28,29)21-10-5-4-6-11-21)24(27)25-19(3)16-30-23-12-8-7-9-18(23)2/h4-15,19,26H,16H2,1-3H3,(H,25,27)/t19-/m1/s1. The molecule has 0 saturated heterocycles. The Morgan fingerprint density at radius 1 is 0.935 bits per heavy atom. The maximum Gasteiger partial charge on any atom is 0.261 e. The second kappa shape index (κ2) is 9.66. The fraction of sp³-hybridized carbons (Fsp3) is 0.208. The second-order valence-corrected chi connectivity index (χ2v) is 9.08. The van der Waals surface area contributed by atoms with E-state index in [1.807, 2.05) is 38.1 Å². The van der Waals surface area contributed by atoms with Crippen LogP contribution >= 0.6 is 0 Å². The van der Waals surface area contributed by atoms with E-state index in [-0.39, 0.29) is 16.8 Å². The number of sulfonamides is 1. The fourth-order valence-corrected chi connectivity index (χ4v) is 4.10. The van der Waals surface area contributed by atoms with Crippen LogP contribution in [0.1, 0.15) is 28.4 Å². The smallest absolute Gasteiger partial charge is 0.261 e. The molecular formula is C24H26N2O4S. The summed E-state index contributed by atoms with van der Waals surface area (Å²) in [5, 5.41) is 2.89. The highest BCUT2D eigenvalue weighted by atomic mass is 32.2. The Kier molecular flexibility index (Phi) is 6.97. The van der Waals surface area contributed by atoms with Crippen molar-refractivity contribution in [2.24, 2.45) is 0 Å². The summed E-state index contributed by atoms with van der Waals surface area (Å²) in [7, 11) is -3.75. The molecule has 0 spiro atoms. The molecule has 0 unspecified atom stereocenters. The number of hydrogen-bond donors (Lipinski definition) is 2. The summed E-state index contributed by atoms with van der Waals surface area (Å²) >= 11 is 0. The molecular weight excluding hydrogens is 412 g/mol. The zero-order chi connectivity index (χ0) is 22.4. The van der Waals surface area contributed by atoms with Gasteiger partial charge in [0.1, 0.15) is 12.4 Å². The van der Waals surface area contributed by atoms with Crippen LogP contribution in [0, 0.1) is 13.8 Å². The fourth-order valence-electron chi connectivity index (χ4n) is 2.96. The predicted molar refractivity (Wildman–Crippen MR) is 122 cm³/mol. The highest BCUT2D eigenvalue weighted by molar-refractivity contribution is 7.92. The number of benzene rings is 3. The van der Waals surface area contributed by atoms with Crippen LogP contribution in [0.2, 0.25) is 0 Å². The monoisotopic (exact) mass is 438 g/mol. The van der Waals surface area contributed by atoms with E-state index in [4.69, 9.17) is 4.74 Å². The van der Waals surface area contributed by atoms with E-state index in [9.17, 15) is 13.2 Å². The number of carbonyl (C=O) groups is 1. The number of rotatable bonds is 8. The minimum atomic E-state index is -3.75. The summed E-state index contributed by atoms with van der Waals surface area (Å²) in [4.78, 5) is 12.8. The summed E-state index contributed by atoms with van der Waals surface area (Å²) in [6, 6.07) is 20.5. The maximum absolute atomic E-state index is 12.7.